The number of nitrogens with one attached hydrogen (secondary N) is 2. The van der Waals surface area contributed by atoms with Crippen LogP contribution in [0.15, 0.2) is 47.2 Å². The van der Waals surface area contributed by atoms with Crippen LogP contribution in [0.2, 0.25) is 0 Å². The number of aryl methyl sites for hydroxylation is 1. The molecule has 1 unspecified atom stereocenters. The van der Waals surface area contributed by atoms with Gasteiger partial charge in [-0.1, -0.05) is 12.1 Å². The Labute approximate surface area is 134 Å². The third kappa shape index (κ3) is 3.14. The summed E-state index contributed by atoms with van der Waals surface area (Å²) in [5.74, 6) is 0.293. The van der Waals surface area contributed by atoms with Gasteiger partial charge >= 0.3 is 0 Å². The molecule has 120 valence electrons. The van der Waals surface area contributed by atoms with Crippen molar-refractivity contribution < 1.29 is 14.3 Å². The summed E-state index contributed by atoms with van der Waals surface area (Å²) in [5.41, 5.74) is 1.88. The van der Waals surface area contributed by atoms with Gasteiger partial charge in [-0.2, -0.15) is 0 Å². The highest BCUT2D eigenvalue weighted by Gasteiger charge is 2.26. The zero-order valence-corrected chi connectivity index (χ0v) is 13.2. The van der Waals surface area contributed by atoms with Crippen molar-refractivity contribution in [3.05, 3.63) is 59.7 Å². The van der Waals surface area contributed by atoms with Gasteiger partial charge in [0.1, 0.15) is 11.4 Å². The smallest absolute Gasteiger partial charge is 0.224 e. The van der Waals surface area contributed by atoms with Gasteiger partial charge in [-0.05, 0) is 43.2 Å². The monoisotopic (exact) mass is 312 g/mol. The summed E-state index contributed by atoms with van der Waals surface area (Å²) in [6, 6.07) is 9.40. The van der Waals surface area contributed by atoms with Crippen molar-refractivity contribution in [1.29, 1.82) is 0 Å². The van der Waals surface area contributed by atoms with Crippen molar-refractivity contribution in [1.82, 2.24) is 10.3 Å². The van der Waals surface area contributed by atoms with E-state index in [0.717, 1.165) is 22.0 Å². The Morgan fingerprint density at radius 3 is 2.91 bits per heavy atom. The fraction of sp³-hybridized carbons (Fsp3) is 0.278. The normalized spacial score (nSPS) is 13.9. The Balaban J connectivity index is 1.67. The van der Waals surface area contributed by atoms with E-state index < -0.39 is 5.60 Å². The lowest BCUT2D eigenvalue weighted by molar-refractivity contribution is -0.121. The van der Waals surface area contributed by atoms with Crippen LogP contribution in [0.4, 0.5) is 0 Å². The average molecular weight is 312 g/mol. The number of fused-ring (bicyclic) bond motifs is 1. The first-order valence-electron chi connectivity index (χ1n) is 7.56. The van der Waals surface area contributed by atoms with Crippen molar-refractivity contribution in [3.63, 3.8) is 0 Å². The van der Waals surface area contributed by atoms with E-state index in [9.17, 15) is 9.90 Å². The third-order valence-corrected chi connectivity index (χ3v) is 4.03. The molecule has 1 aromatic carbocycles. The van der Waals surface area contributed by atoms with E-state index in [-0.39, 0.29) is 18.9 Å². The van der Waals surface area contributed by atoms with Gasteiger partial charge in [0.2, 0.25) is 5.91 Å². The van der Waals surface area contributed by atoms with Crippen molar-refractivity contribution in [2.45, 2.75) is 25.9 Å². The van der Waals surface area contributed by atoms with Crippen LogP contribution in [-0.2, 0) is 16.8 Å². The highest BCUT2D eigenvalue weighted by molar-refractivity contribution is 5.91. The first-order chi connectivity index (χ1) is 11.0. The number of hydrogen-bond donors (Lipinski definition) is 3. The minimum absolute atomic E-state index is 0.0979. The van der Waals surface area contributed by atoms with Gasteiger partial charge in [0.25, 0.3) is 0 Å². The molecule has 5 heteroatoms. The molecular formula is C18H20N2O3. The van der Waals surface area contributed by atoms with Crippen LogP contribution >= 0.6 is 0 Å². The molecule has 0 aliphatic rings. The second-order valence-electron chi connectivity index (χ2n) is 6.02. The number of aliphatic hydroxyl groups is 1. The van der Waals surface area contributed by atoms with E-state index in [4.69, 9.17) is 4.42 Å². The number of furan rings is 1. The Morgan fingerprint density at radius 2 is 2.17 bits per heavy atom. The summed E-state index contributed by atoms with van der Waals surface area (Å²) >= 11 is 0. The van der Waals surface area contributed by atoms with E-state index >= 15 is 0 Å². The molecule has 0 saturated heterocycles. The molecular weight excluding hydrogens is 292 g/mol. The molecule has 3 N–H and O–H groups in total. The molecule has 0 radical (unpaired) electrons. The standard InChI is InChI=1S/C18H20N2O3/c1-12-5-3-6-14-17(12)13(10-19-14)9-16(21)20-11-18(2,22)15-7-4-8-23-15/h3-8,10,19,22H,9,11H2,1-2H3,(H,20,21). The molecule has 0 aliphatic carbocycles. The van der Waals surface area contributed by atoms with Crippen molar-refractivity contribution in [3.8, 4) is 0 Å². The molecule has 5 nitrogen and oxygen atoms in total. The molecule has 23 heavy (non-hydrogen) atoms. The number of aromatic amines is 1. The van der Waals surface area contributed by atoms with Crippen LogP contribution in [0.25, 0.3) is 10.9 Å². The molecule has 0 aliphatic heterocycles. The Kier molecular flexibility index (Phi) is 3.96. The molecule has 1 amide bonds. The highest BCUT2D eigenvalue weighted by Crippen LogP contribution is 2.23. The van der Waals surface area contributed by atoms with E-state index in [1.165, 1.54) is 6.26 Å². The van der Waals surface area contributed by atoms with Gasteiger partial charge in [-0.15, -0.1) is 0 Å². The molecule has 0 bridgehead atoms. The maximum Gasteiger partial charge on any atom is 0.224 e. The van der Waals surface area contributed by atoms with Crippen molar-refractivity contribution >= 4 is 16.8 Å². The maximum atomic E-state index is 12.2. The van der Waals surface area contributed by atoms with Crippen LogP contribution in [0.1, 0.15) is 23.8 Å². The lowest BCUT2D eigenvalue weighted by Crippen LogP contribution is -2.39. The number of rotatable bonds is 5. The second kappa shape index (κ2) is 5.93. The summed E-state index contributed by atoms with van der Waals surface area (Å²) < 4.78 is 5.20. The number of hydrogen-bond acceptors (Lipinski definition) is 3. The summed E-state index contributed by atoms with van der Waals surface area (Å²) in [6.45, 7) is 3.74. The van der Waals surface area contributed by atoms with Gasteiger partial charge in [0, 0.05) is 17.1 Å². The predicted octanol–water partition coefficient (Wildman–Crippen LogP) is 2.64. The number of amides is 1. The second-order valence-corrected chi connectivity index (χ2v) is 6.02. The minimum atomic E-state index is -1.23. The fourth-order valence-corrected chi connectivity index (χ4v) is 2.77. The van der Waals surface area contributed by atoms with Gasteiger partial charge in [-0.3, -0.25) is 4.79 Å². The number of aromatic nitrogens is 1. The molecule has 2 aromatic heterocycles. The van der Waals surface area contributed by atoms with Crippen LogP contribution in [0, 0.1) is 6.92 Å². The highest BCUT2D eigenvalue weighted by atomic mass is 16.4. The van der Waals surface area contributed by atoms with Gasteiger partial charge in [0.05, 0.1) is 19.2 Å². The molecule has 0 saturated carbocycles. The number of carbonyl (C=O) groups is 1. The molecule has 3 aromatic rings. The summed E-state index contributed by atoms with van der Waals surface area (Å²) in [6.07, 6.45) is 3.63. The van der Waals surface area contributed by atoms with Crippen LogP contribution in [0.5, 0.6) is 0 Å². The quantitative estimate of drug-likeness (QED) is 0.677. The molecule has 0 spiro atoms. The number of carbonyl (C=O) groups excluding carboxylic acids is 1. The Bertz CT molecular complexity index is 816. The molecule has 3 rings (SSSR count). The number of H-pyrrole nitrogens is 1. The Morgan fingerprint density at radius 1 is 1.35 bits per heavy atom. The largest absolute Gasteiger partial charge is 0.466 e. The zero-order chi connectivity index (χ0) is 16.4. The van der Waals surface area contributed by atoms with Crippen LogP contribution in [0.3, 0.4) is 0 Å². The fourth-order valence-electron chi connectivity index (χ4n) is 2.77. The van der Waals surface area contributed by atoms with Gasteiger partial charge in [-0.25, -0.2) is 0 Å². The third-order valence-electron chi connectivity index (χ3n) is 4.03. The zero-order valence-electron chi connectivity index (χ0n) is 13.2. The van der Waals surface area contributed by atoms with E-state index in [0.29, 0.717) is 5.76 Å². The van der Waals surface area contributed by atoms with E-state index in [1.54, 1.807) is 19.1 Å². The van der Waals surface area contributed by atoms with E-state index in [2.05, 4.69) is 10.3 Å². The molecule has 2 heterocycles. The van der Waals surface area contributed by atoms with E-state index in [1.807, 2.05) is 31.3 Å². The summed E-state index contributed by atoms with van der Waals surface area (Å²) in [7, 11) is 0. The topological polar surface area (TPSA) is 78.3 Å². The number of benzene rings is 1. The summed E-state index contributed by atoms with van der Waals surface area (Å²) in [5, 5.41) is 14.2. The lowest BCUT2D eigenvalue weighted by Gasteiger charge is -2.21. The van der Waals surface area contributed by atoms with Crippen molar-refractivity contribution in [2.24, 2.45) is 0 Å². The molecule has 0 fully saturated rings. The summed E-state index contributed by atoms with van der Waals surface area (Å²) in [4.78, 5) is 15.4. The first-order valence-corrected chi connectivity index (χ1v) is 7.56. The Hall–Kier alpha value is -2.53. The van der Waals surface area contributed by atoms with Crippen LogP contribution in [-0.4, -0.2) is 22.5 Å². The van der Waals surface area contributed by atoms with Crippen LogP contribution < -0.4 is 5.32 Å². The van der Waals surface area contributed by atoms with Crippen molar-refractivity contribution in [2.75, 3.05) is 6.54 Å². The van der Waals surface area contributed by atoms with Gasteiger partial charge in [0.15, 0.2) is 0 Å². The van der Waals surface area contributed by atoms with Gasteiger partial charge < -0.3 is 19.8 Å². The lowest BCUT2D eigenvalue weighted by atomic mass is 10.0. The predicted molar refractivity (Wildman–Crippen MR) is 88.0 cm³/mol. The average Bonchev–Trinajstić information content (AvgIpc) is 3.16. The molecule has 1 atom stereocenters. The SMILES string of the molecule is Cc1cccc2[nH]cc(CC(=O)NCC(C)(O)c3ccco3)c12. The first kappa shape index (κ1) is 15.4. The maximum absolute atomic E-state index is 12.2. The minimum Gasteiger partial charge on any atom is -0.466 e.